The van der Waals surface area contributed by atoms with Crippen molar-refractivity contribution in [2.75, 3.05) is 13.1 Å². The van der Waals surface area contributed by atoms with Crippen molar-refractivity contribution in [3.8, 4) is 0 Å². The van der Waals surface area contributed by atoms with Crippen LogP contribution in [0.3, 0.4) is 0 Å². The number of hydrogen-bond acceptors (Lipinski definition) is 2. The number of urea groups is 1. The summed E-state index contributed by atoms with van der Waals surface area (Å²) >= 11 is 0. The molecule has 116 valence electrons. The predicted molar refractivity (Wildman–Crippen MR) is 65.2 cm³/mol. The highest BCUT2D eigenvalue weighted by Crippen LogP contribution is 2.36. The zero-order valence-corrected chi connectivity index (χ0v) is 11.5. The van der Waals surface area contributed by atoms with Crippen molar-refractivity contribution in [1.29, 1.82) is 0 Å². The quantitative estimate of drug-likeness (QED) is 0.835. The molecular weight excluding hydrogens is 277 g/mol. The number of amides is 2. The summed E-state index contributed by atoms with van der Waals surface area (Å²) in [5.74, 6) is -1.48. The summed E-state index contributed by atoms with van der Waals surface area (Å²) in [6.07, 6.45) is -2.39. The molecule has 0 aromatic rings. The van der Waals surface area contributed by atoms with Gasteiger partial charge in [-0.2, -0.15) is 13.2 Å². The first-order valence-electron chi connectivity index (χ1n) is 6.32. The van der Waals surface area contributed by atoms with Gasteiger partial charge in [0.15, 0.2) is 0 Å². The van der Waals surface area contributed by atoms with Crippen molar-refractivity contribution in [3.05, 3.63) is 0 Å². The number of nitrogens with one attached hydrogen (secondary N) is 1. The van der Waals surface area contributed by atoms with E-state index < -0.39 is 31.3 Å². The first-order chi connectivity index (χ1) is 8.98. The maximum Gasteiger partial charge on any atom is 0.406 e. The first-order valence-corrected chi connectivity index (χ1v) is 6.32. The lowest BCUT2D eigenvalue weighted by molar-refractivity contribution is -0.149. The van der Waals surface area contributed by atoms with E-state index in [0.717, 1.165) is 6.42 Å². The summed E-state index contributed by atoms with van der Waals surface area (Å²) in [7, 11) is 0. The molecule has 1 atom stereocenters. The van der Waals surface area contributed by atoms with Gasteiger partial charge in [0.25, 0.3) is 0 Å². The van der Waals surface area contributed by atoms with E-state index in [4.69, 9.17) is 5.11 Å². The van der Waals surface area contributed by atoms with Gasteiger partial charge in [0.2, 0.25) is 0 Å². The second-order valence-electron chi connectivity index (χ2n) is 5.92. The molecule has 0 saturated heterocycles. The van der Waals surface area contributed by atoms with Gasteiger partial charge in [-0.1, -0.05) is 13.8 Å². The average molecular weight is 296 g/mol. The number of carbonyl (C=O) groups is 2. The average Bonchev–Trinajstić information content (AvgIpc) is 2.54. The van der Waals surface area contributed by atoms with Gasteiger partial charge in [0.05, 0.1) is 0 Å². The summed E-state index contributed by atoms with van der Waals surface area (Å²) in [6.45, 7) is 1.50. The Morgan fingerprint density at radius 1 is 1.40 bits per heavy atom. The van der Waals surface area contributed by atoms with Gasteiger partial charge in [0, 0.05) is 6.04 Å². The smallest absolute Gasteiger partial charge is 0.406 e. The van der Waals surface area contributed by atoms with Crippen LogP contribution >= 0.6 is 0 Å². The molecule has 0 aliphatic heterocycles. The maximum absolute atomic E-state index is 12.3. The lowest BCUT2D eigenvalue weighted by Crippen LogP contribution is -2.49. The van der Waals surface area contributed by atoms with Crippen molar-refractivity contribution < 1.29 is 27.9 Å². The molecule has 0 bridgehead atoms. The van der Waals surface area contributed by atoms with Gasteiger partial charge in [-0.15, -0.1) is 0 Å². The minimum Gasteiger partial charge on any atom is -0.480 e. The van der Waals surface area contributed by atoms with E-state index in [1.807, 2.05) is 13.8 Å². The summed E-state index contributed by atoms with van der Waals surface area (Å²) in [4.78, 5) is 22.6. The number of hydrogen-bond donors (Lipinski definition) is 2. The van der Waals surface area contributed by atoms with Crippen LogP contribution in [-0.4, -0.2) is 47.3 Å². The largest absolute Gasteiger partial charge is 0.480 e. The van der Waals surface area contributed by atoms with Gasteiger partial charge >= 0.3 is 18.2 Å². The number of carboxylic acids is 1. The molecule has 2 N–H and O–H groups in total. The normalized spacial score (nSPS) is 21.6. The molecule has 1 aliphatic rings. The number of aliphatic carboxylic acids is 1. The van der Waals surface area contributed by atoms with Crippen molar-refractivity contribution in [2.45, 2.75) is 45.3 Å². The molecule has 5 nitrogen and oxygen atoms in total. The molecule has 0 radical (unpaired) electrons. The molecule has 1 saturated carbocycles. The molecule has 1 rings (SSSR count). The molecular formula is C12H19F3N2O3. The topological polar surface area (TPSA) is 69.6 Å². The van der Waals surface area contributed by atoms with Crippen molar-refractivity contribution in [1.82, 2.24) is 10.2 Å². The van der Waals surface area contributed by atoms with Crippen LogP contribution in [-0.2, 0) is 4.79 Å². The maximum atomic E-state index is 12.3. The summed E-state index contributed by atoms with van der Waals surface area (Å²) < 4.78 is 37.0. The van der Waals surface area contributed by atoms with E-state index in [2.05, 4.69) is 5.32 Å². The van der Waals surface area contributed by atoms with Gasteiger partial charge in [-0.05, 0) is 24.7 Å². The van der Waals surface area contributed by atoms with Gasteiger partial charge in [-0.3, -0.25) is 4.79 Å². The number of alkyl halides is 3. The zero-order valence-electron chi connectivity index (χ0n) is 11.5. The van der Waals surface area contributed by atoms with Gasteiger partial charge in [-0.25, -0.2) is 4.79 Å². The van der Waals surface area contributed by atoms with Crippen LogP contribution < -0.4 is 5.32 Å². The molecule has 1 fully saturated rings. The standard InChI is InChI=1S/C12H19F3N2O3/c1-11(2)4-3-8(5-11)16-10(20)17(6-9(18)19)7-12(13,14)15/h8H,3-7H2,1-2H3,(H,16,20)(H,18,19). The lowest BCUT2D eigenvalue weighted by Gasteiger charge is -2.25. The molecule has 0 aromatic carbocycles. The van der Waals surface area contributed by atoms with Crippen molar-refractivity contribution >= 4 is 12.0 Å². The third-order valence-electron chi connectivity index (χ3n) is 3.28. The van der Waals surface area contributed by atoms with Gasteiger partial charge < -0.3 is 15.3 Å². The summed E-state index contributed by atoms with van der Waals surface area (Å²) in [5, 5.41) is 11.1. The van der Waals surface area contributed by atoms with Crippen LogP contribution in [0.15, 0.2) is 0 Å². The Hall–Kier alpha value is -1.47. The van der Waals surface area contributed by atoms with E-state index in [1.165, 1.54) is 0 Å². The van der Waals surface area contributed by atoms with Crippen LogP contribution in [0.1, 0.15) is 33.1 Å². The van der Waals surface area contributed by atoms with E-state index in [-0.39, 0.29) is 16.4 Å². The Bertz CT molecular complexity index is 383. The van der Waals surface area contributed by atoms with E-state index in [9.17, 15) is 22.8 Å². The fourth-order valence-corrected chi connectivity index (χ4v) is 2.40. The second kappa shape index (κ2) is 5.88. The van der Waals surface area contributed by atoms with E-state index in [0.29, 0.717) is 12.8 Å². The highest BCUT2D eigenvalue weighted by molar-refractivity contribution is 5.80. The zero-order chi connectivity index (χ0) is 15.6. The fraction of sp³-hybridized carbons (Fsp3) is 0.833. The highest BCUT2D eigenvalue weighted by atomic mass is 19.4. The van der Waals surface area contributed by atoms with Crippen molar-refractivity contribution in [2.24, 2.45) is 5.41 Å². The molecule has 0 aromatic heterocycles. The molecule has 8 heteroatoms. The van der Waals surface area contributed by atoms with Crippen LogP contribution in [0, 0.1) is 5.41 Å². The fourth-order valence-electron chi connectivity index (χ4n) is 2.40. The van der Waals surface area contributed by atoms with Crippen LogP contribution in [0.5, 0.6) is 0 Å². The van der Waals surface area contributed by atoms with Crippen LogP contribution in [0.4, 0.5) is 18.0 Å². The molecule has 1 unspecified atom stereocenters. The first kappa shape index (κ1) is 16.6. The number of carboxylic acid groups (broad SMARTS) is 1. The summed E-state index contributed by atoms with van der Waals surface area (Å²) in [6, 6.07) is -1.19. The highest BCUT2D eigenvalue weighted by Gasteiger charge is 2.36. The molecule has 0 heterocycles. The van der Waals surface area contributed by atoms with Crippen LogP contribution in [0.2, 0.25) is 0 Å². The molecule has 20 heavy (non-hydrogen) atoms. The minimum absolute atomic E-state index is 0.0413. The van der Waals surface area contributed by atoms with Gasteiger partial charge in [0.1, 0.15) is 13.1 Å². The Morgan fingerprint density at radius 3 is 2.40 bits per heavy atom. The van der Waals surface area contributed by atoms with E-state index in [1.54, 1.807) is 0 Å². The number of carbonyl (C=O) groups excluding carboxylic acids is 1. The Balaban J connectivity index is 2.61. The molecule has 1 aliphatic carbocycles. The Morgan fingerprint density at radius 2 is 2.00 bits per heavy atom. The molecule has 0 spiro atoms. The predicted octanol–water partition coefficient (Wildman–Crippen LogP) is 2.22. The monoisotopic (exact) mass is 296 g/mol. The third kappa shape index (κ3) is 5.66. The molecule has 2 amide bonds. The summed E-state index contributed by atoms with van der Waals surface area (Å²) in [5.41, 5.74) is 0.0413. The Labute approximate surface area is 115 Å². The third-order valence-corrected chi connectivity index (χ3v) is 3.28. The number of rotatable bonds is 4. The van der Waals surface area contributed by atoms with Crippen LogP contribution in [0.25, 0.3) is 0 Å². The van der Waals surface area contributed by atoms with Crippen molar-refractivity contribution in [3.63, 3.8) is 0 Å². The lowest BCUT2D eigenvalue weighted by atomic mass is 9.92. The SMILES string of the molecule is CC1(C)CCC(NC(=O)N(CC(=O)O)CC(F)(F)F)C1. The minimum atomic E-state index is -4.62. The second-order valence-corrected chi connectivity index (χ2v) is 5.92. The Kier molecular flexibility index (Phi) is 4.88. The number of nitrogens with zero attached hydrogens (tertiary/aromatic N) is 1. The van der Waals surface area contributed by atoms with E-state index >= 15 is 0 Å². The number of halogens is 3.